The number of aromatic carboxylic acids is 1. The molecule has 0 aliphatic heterocycles. The molecule has 7 nitrogen and oxygen atoms in total. The molecule has 0 fully saturated rings. The van der Waals surface area contributed by atoms with E-state index >= 15 is 0 Å². The maximum atomic E-state index is 12.2. The highest BCUT2D eigenvalue weighted by Gasteiger charge is 2.21. The summed E-state index contributed by atoms with van der Waals surface area (Å²) in [4.78, 5) is 26.0. The molecule has 1 aromatic carbocycles. The molecule has 0 amide bonds. The Morgan fingerprint density at radius 3 is 2.30 bits per heavy atom. The number of carboxylic acid groups (broad SMARTS) is 1. The van der Waals surface area contributed by atoms with Gasteiger partial charge < -0.3 is 24.3 Å². The average Bonchev–Trinajstić information content (AvgIpc) is 2.44. The van der Waals surface area contributed by atoms with Crippen LogP contribution in [0.2, 0.25) is 0 Å². The first-order valence-electron chi connectivity index (χ1n) is 5.62. The molecule has 20 heavy (non-hydrogen) atoms. The number of aromatic amines is 1. The summed E-state index contributed by atoms with van der Waals surface area (Å²) in [5.74, 6) is -0.581. The summed E-state index contributed by atoms with van der Waals surface area (Å²) < 4.78 is 15.5. The first kappa shape index (κ1) is 13.7. The van der Waals surface area contributed by atoms with Crippen LogP contribution in [0.4, 0.5) is 0 Å². The Hall–Kier alpha value is -2.70. The summed E-state index contributed by atoms with van der Waals surface area (Å²) in [5.41, 5.74) is -0.624. The molecule has 0 saturated carbocycles. The zero-order valence-corrected chi connectivity index (χ0v) is 11.1. The molecule has 106 valence electrons. The molecule has 0 atom stereocenters. The van der Waals surface area contributed by atoms with Crippen LogP contribution < -0.4 is 19.6 Å². The van der Waals surface area contributed by atoms with Crippen LogP contribution in [0.1, 0.15) is 10.4 Å². The van der Waals surface area contributed by atoms with Crippen molar-refractivity contribution in [2.24, 2.45) is 0 Å². The summed E-state index contributed by atoms with van der Waals surface area (Å²) in [7, 11) is 4.22. The van der Waals surface area contributed by atoms with Crippen molar-refractivity contribution in [2.75, 3.05) is 21.3 Å². The number of hydrogen-bond donors (Lipinski definition) is 2. The van der Waals surface area contributed by atoms with Crippen molar-refractivity contribution in [3.8, 4) is 17.2 Å². The van der Waals surface area contributed by atoms with Crippen LogP contribution in [0.5, 0.6) is 17.2 Å². The summed E-state index contributed by atoms with van der Waals surface area (Å²) in [6.07, 6.45) is 1.14. The number of fused-ring (bicyclic) bond motifs is 1. The van der Waals surface area contributed by atoms with Gasteiger partial charge in [-0.1, -0.05) is 0 Å². The van der Waals surface area contributed by atoms with Gasteiger partial charge in [-0.3, -0.25) is 4.79 Å². The van der Waals surface area contributed by atoms with Crippen molar-refractivity contribution >= 4 is 16.9 Å². The quantitative estimate of drug-likeness (QED) is 0.874. The number of rotatable bonds is 4. The number of methoxy groups -OCH3 is 3. The third-order valence-electron chi connectivity index (χ3n) is 2.90. The predicted molar refractivity (Wildman–Crippen MR) is 71.2 cm³/mol. The zero-order chi connectivity index (χ0) is 14.9. The van der Waals surface area contributed by atoms with Crippen molar-refractivity contribution in [2.45, 2.75) is 0 Å². The lowest BCUT2D eigenvalue weighted by molar-refractivity contribution is 0.0695. The van der Waals surface area contributed by atoms with Gasteiger partial charge in [0.25, 0.3) is 0 Å². The van der Waals surface area contributed by atoms with E-state index in [0.29, 0.717) is 11.3 Å². The van der Waals surface area contributed by atoms with E-state index < -0.39 is 11.4 Å². The minimum Gasteiger partial charge on any atom is -0.493 e. The van der Waals surface area contributed by atoms with Gasteiger partial charge in [0, 0.05) is 12.3 Å². The zero-order valence-electron chi connectivity index (χ0n) is 11.1. The van der Waals surface area contributed by atoms with E-state index in [-0.39, 0.29) is 22.4 Å². The largest absolute Gasteiger partial charge is 0.493 e. The molecule has 0 bridgehead atoms. The fourth-order valence-corrected chi connectivity index (χ4v) is 2.00. The second-order valence-corrected chi connectivity index (χ2v) is 3.90. The van der Waals surface area contributed by atoms with Gasteiger partial charge in [0.05, 0.1) is 32.2 Å². The number of H-pyrrole nitrogens is 1. The molecule has 2 rings (SSSR count). The third kappa shape index (κ3) is 1.93. The molecule has 1 aromatic heterocycles. The lowest BCUT2D eigenvalue weighted by Crippen LogP contribution is -2.16. The van der Waals surface area contributed by atoms with Gasteiger partial charge in [-0.2, -0.15) is 0 Å². The number of pyridine rings is 1. The molecule has 0 saturated heterocycles. The third-order valence-corrected chi connectivity index (χ3v) is 2.90. The molecule has 0 aliphatic carbocycles. The van der Waals surface area contributed by atoms with Gasteiger partial charge in [-0.25, -0.2) is 4.79 Å². The SMILES string of the molecule is COc1cc2[nH]cc(C(=O)O)c(=O)c2c(OC)c1OC. The maximum Gasteiger partial charge on any atom is 0.341 e. The van der Waals surface area contributed by atoms with E-state index in [0.717, 1.165) is 6.20 Å². The summed E-state index contributed by atoms with van der Waals surface area (Å²) in [6.45, 7) is 0. The average molecular weight is 279 g/mol. The predicted octanol–water partition coefficient (Wildman–Crippen LogP) is 1.25. The van der Waals surface area contributed by atoms with Crippen LogP contribution in [-0.4, -0.2) is 37.4 Å². The van der Waals surface area contributed by atoms with Crippen molar-refractivity contribution in [3.05, 3.63) is 28.0 Å². The number of hydrogen-bond acceptors (Lipinski definition) is 5. The van der Waals surface area contributed by atoms with Crippen LogP contribution in [0.3, 0.4) is 0 Å². The van der Waals surface area contributed by atoms with Gasteiger partial charge in [-0.05, 0) is 0 Å². The summed E-state index contributed by atoms with van der Waals surface area (Å²) >= 11 is 0. The molecule has 1 heterocycles. The van der Waals surface area contributed by atoms with Crippen molar-refractivity contribution < 1.29 is 24.1 Å². The topological polar surface area (TPSA) is 97.9 Å². The molecule has 0 radical (unpaired) electrons. The smallest absolute Gasteiger partial charge is 0.341 e. The van der Waals surface area contributed by atoms with Gasteiger partial charge in [0.1, 0.15) is 5.56 Å². The van der Waals surface area contributed by atoms with Crippen LogP contribution in [0.25, 0.3) is 10.9 Å². The Morgan fingerprint density at radius 1 is 1.15 bits per heavy atom. The van der Waals surface area contributed by atoms with Gasteiger partial charge in [-0.15, -0.1) is 0 Å². The van der Waals surface area contributed by atoms with Crippen LogP contribution in [0, 0.1) is 0 Å². The molecule has 0 aliphatic rings. The Bertz CT molecular complexity index is 734. The summed E-state index contributed by atoms with van der Waals surface area (Å²) in [5, 5.41) is 9.10. The normalized spacial score (nSPS) is 10.3. The lowest BCUT2D eigenvalue weighted by Gasteiger charge is -2.14. The highest BCUT2D eigenvalue weighted by Crippen LogP contribution is 2.41. The van der Waals surface area contributed by atoms with Crippen molar-refractivity contribution in [1.82, 2.24) is 4.98 Å². The van der Waals surface area contributed by atoms with Gasteiger partial charge >= 0.3 is 5.97 Å². The highest BCUT2D eigenvalue weighted by molar-refractivity contribution is 5.96. The molecule has 2 aromatic rings. The standard InChI is InChI=1S/C13H13NO6/c1-18-8-4-7-9(12(20-3)11(8)19-2)10(15)6(5-14-7)13(16)17/h4-5H,1-3H3,(H,14,15)(H,16,17). The van der Waals surface area contributed by atoms with E-state index in [9.17, 15) is 9.59 Å². The second kappa shape index (κ2) is 5.12. The first-order valence-corrected chi connectivity index (χ1v) is 5.62. The second-order valence-electron chi connectivity index (χ2n) is 3.90. The Kier molecular flexibility index (Phi) is 3.51. The van der Waals surface area contributed by atoms with Gasteiger partial charge in [0.2, 0.25) is 11.2 Å². The van der Waals surface area contributed by atoms with Gasteiger partial charge in [0.15, 0.2) is 11.5 Å². The van der Waals surface area contributed by atoms with E-state index in [1.165, 1.54) is 21.3 Å². The van der Waals surface area contributed by atoms with E-state index in [1.54, 1.807) is 6.07 Å². The molecule has 2 N–H and O–H groups in total. The molecule has 7 heteroatoms. The van der Waals surface area contributed by atoms with Crippen molar-refractivity contribution in [1.29, 1.82) is 0 Å². The molecule has 0 unspecified atom stereocenters. The Morgan fingerprint density at radius 2 is 1.80 bits per heavy atom. The molecular weight excluding hydrogens is 266 g/mol. The van der Waals surface area contributed by atoms with Crippen LogP contribution in [0.15, 0.2) is 17.1 Å². The van der Waals surface area contributed by atoms with Crippen LogP contribution in [-0.2, 0) is 0 Å². The summed E-state index contributed by atoms with van der Waals surface area (Å²) in [6, 6.07) is 1.55. The van der Waals surface area contributed by atoms with E-state index in [2.05, 4.69) is 4.98 Å². The minimum atomic E-state index is -1.31. The number of carbonyl (C=O) groups is 1. The minimum absolute atomic E-state index is 0.102. The highest BCUT2D eigenvalue weighted by atomic mass is 16.5. The first-order chi connectivity index (χ1) is 9.54. The van der Waals surface area contributed by atoms with Crippen LogP contribution >= 0.6 is 0 Å². The number of aromatic nitrogens is 1. The fraction of sp³-hybridized carbons (Fsp3) is 0.231. The monoisotopic (exact) mass is 279 g/mol. The number of nitrogens with one attached hydrogen (secondary N) is 1. The number of benzene rings is 1. The van der Waals surface area contributed by atoms with E-state index in [4.69, 9.17) is 19.3 Å². The lowest BCUT2D eigenvalue weighted by atomic mass is 10.1. The fourth-order valence-electron chi connectivity index (χ4n) is 2.00. The number of carboxylic acids is 1. The Labute approximate surface area is 113 Å². The molecule has 0 spiro atoms. The molecular formula is C13H13NO6. The van der Waals surface area contributed by atoms with E-state index in [1.807, 2.05) is 0 Å². The number of ether oxygens (including phenoxy) is 3. The van der Waals surface area contributed by atoms with Crippen molar-refractivity contribution in [3.63, 3.8) is 0 Å². The maximum absolute atomic E-state index is 12.2. The Balaban J connectivity index is 2.98.